The number of hydrogen-bond donors (Lipinski definition) is 1. The van der Waals surface area contributed by atoms with Crippen molar-refractivity contribution in [1.29, 1.82) is 0 Å². The van der Waals surface area contributed by atoms with Crippen LogP contribution in [0.5, 0.6) is 0 Å². The van der Waals surface area contributed by atoms with Gasteiger partial charge in [0.25, 0.3) is 0 Å². The number of fused-ring (bicyclic) bond motifs is 1. The normalized spacial score (nSPS) is 20.2. The highest BCUT2D eigenvalue weighted by atomic mass is 32.1. The SMILES string of the molecule is CNC1C(=O)N(CCOC)CCc2ncsc21. The lowest BCUT2D eigenvalue weighted by molar-refractivity contribution is -0.133. The number of carbonyl (C=O) groups is 1. The van der Waals surface area contributed by atoms with Gasteiger partial charge in [-0.15, -0.1) is 11.3 Å². The lowest BCUT2D eigenvalue weighted by atomic mass is 10.2. The first-order valence-corrected chi connectivity index (χ1v) is 6.53. The van der Waals surface area contributed by atoms with Crippen LogP contribution in [-0.4, -0.2) is 49.6 Å². The summed E-state index contributed by atoms with van der Waals surface area (Å²) in [6, 6.07) is -0.253. The Kier molecular flexibility index (Phi) is 4.09. The van der Waals surface area contributed by atoms with Gasteiger partial charge in [0.15, 0.2) is 0 Å². The van der Waals surface area contributed by atoms with Crippen molar-refractivity contribution in [2.24, 2.45) is 0 Å². The molecular weight excluding hydrogens is 238 g/mol. The Morgan fingerprint density at radius 2 is 2.53 bits per heavy atom. The summed E-state index contributed by atoms with van der Waals surface area (Å²) in [7, 11) is 3.46. The molecule has 0 radical (unpaired) electrons. The lowest BCUT2D eigenvalue weighted by Gasteiger charge is -2.23. The van der Waals surface area contributed by atoms with Gasteiger partial charge in [0.05, 0.1) is 22.7 Å². The van der Waals surface area contributed by atoms with E-state index in [1.165, 1.54) is 0 Å². The van der Waals surface area contributed by atoms with E-state index in [1.54, 1.807) is 18.4 Å². The Bertz CT molecular complexity index is 394. The number of carbonyl (C=O) groups excluding carboxylic acids is 1. The molecule has 5 nitrogen and oxygen atoms in total. The molecule has 0 bridgehead atoms. The van der Waals surface area contributed by atoms with Crippen LogP contribution in [0, 0.1) is 0 Å². The average Bonchev–Trinajstić information content (AvgIpc) is 2.74. The number of nitrogens with zero attached hydrogens (tertiary/aromatic N) is 2. The molecule has 1 atom stereocenters. The summed E-state index contributed by atoms with van der Waals surface area (Å²) in [5, 5.41) is 3.08. The lowest BCUT2D eigenvalue weighted by Crippen LogP contribution is -2.40. The maximum atomic E-state index is 12.3. The number of hydrogen-bond acceptors (Lipinski definition) is 5. The molecule has 17 heavy (non-hydrogen) atoms. The quantitative estimate of drug-likeness (QED) is 0.848. The topological polar surface area (TPSA) is 54.5 Å². The third-order valence-electron chi connectivity index (χ3n) is 2.97. The van der Waals surface area contributed by atoms with Gasteiger partial charge < -0.3 is 15.0 Å². The first kappa shape index (κ1) is 12.5. The van der Waals surface area contributed by atoms with E-state index in [9.17, 15) is 4.79 Å². The van der Waals surface area contributed by atoms with Crippen molar-refractivity contribution < 1.29 is 9.53 Å². The van der Waals surface area contributed by atoms with Crippen molar-refractivity contribution in [3.8, 4) is 0 Å². The number of aromatic nitrogens is 1. The number of methoxy groups -OCH3 is 1. The van der Waals surface area contributed by atoms with Gasteiger partial charge in [-0.3, -0.25) is 4.79 Å². The molecular formula is C11H17N3O2S. The molecule has 6 heteroatoms. The fourth-order valence-electron chi connectivity index (χ4n) is 2.02. The summed E-state index contributed by atoms with van der Waals surface area (Å²) in [6.45, 7) is 1.93. The molecule has 94 valence electrons. The molecule has 0 saturated carbocycles. The molecule has 1 amide bonds. The monoisotopic (exact) mass is 255 g/mol. The number of thiazole rings is 1. The maximum absolute atomic E-state index is 12.3. The number of amides is 1. The first-order valence-electron chi connectivity index (χ1n) is 5.65. The third kappa shape index (κ3) is 2.48. The smallest absolute Gasteiger partial charge is 0.245 e. The maximum Gasteiger partial charge on any atom is 0.245 e. The Morgan fingerprint density at radius 1 is 1.71 bits per heavy atom. The number of nitrogens with one attached hydrogen (secondary N) is 1. The Labute approximate surface area is 105 Å². The number of rotatable bonds is 4. The van der Waals surface area contributed by atoms with Gasteiger partial charge in [0.1, 0.15) is 6.04 Å². The summed E-state index contributed by atoms with van der Waals surface area (Å²) in [5.41, 5.74) is 2.86. The second-order valence-electron chi connectivity index (χ2n) is 3.95. The van der Waals surface area contributed by atoms with E-state index in [0.717, 1.165) is 23.5 Å². The minimum absolute atomic E-state index is 0.118. The molecule has 1 N–H and O–H groups in total. The van der Waals surface area contributed by atoms with Crippen LogP contribution in [0.15, 0.2) is 5.51 Å². The molecule has 0 fully saturated rings. The fourth-order valence-corrected chi connectivity index (χ4v) is 2.96. The highest BCUT2D eigenvalue weighted by molar-refractivity contribution is 7.10. The molecule has 1 aliphatic heterocycles. The third-order valence-corrected chi connectivity index (χ3v) is 3.90. The fraction of sp³-hybridized carbons (Fsp3) is 0.636. The second-order valence-corrected chi connectivity index (χ2v) is 4.84. The summed E-state index contributed by atoms with van der Waals surface area (Å²) in [6.07, 6.45) is 0.826. The number of ether oxygens (including phenoxy) is 1. The van der Waals surface area contributed by atoms with Crippen molar-refractivity contribution in [2.45, 2.75) is 12.5 Å². The predicted molar refractivity (Wildman–Crippen MR) is 66.1 cm³/mol. The van der Waals surface area contributed by atoms with E-state index < -0.39 is 0 Å². The summed E-state index contributed by atoms with van der Waals surface area (Å²) in [5.74, 6) is 0.118. The Balaban J connectivity index is 2.19. The van der Waals surface area contributed by atoms with Crippen LogP contribution in [-0.2, 0) is 16.0 Å². The Morgan fingerprint density at radius 3 is 3.24 bits per heavy atom. The van der Waals surface area contributed by atoms with Crippen LogP contribution < -0.4 is 5.32 Å². The van der Waals surface area contributed by atoms with Crippen molar-refractivity contribution in [3.63, 3.8) is 0 Å². The van der Waals surface area contributed by atoms with Crippen LogP contribution in [0.3, 0.4) is 0 Å². The molecule has 1 aliphatic rings. The van der Waals surface area contributed by atoms with Gasteiger partial charge in [-0.25, -0.2) is 4.98 Å². The van der Waals surface area contributed by atoms with E-state index in [1.807, 2.05) is 17.5 Å². The molecule has 0 aliphatic carbocycles. The minimum atomic E-state index is -0.253. The standard InChI is InChI=1S/C11H17N3O2S/c1-12-9-10-8(13-7-17-10)3-4-14(11(9)15)5-6-16-2/h7,9,12H,3-6H2,1-2H3. The second kappa shape index (κ2) is 5.57. The zero-order valence-corrected chi connectivity index (χ0v) is 10.9. The summed E-state index contributed by atoms with van der Waals surface area (Å²) < 4.78 is 5.03. The van der Waals surface area contributed by atoms with Crippen LogP contribution in [0.4, 0.5) is 0 Å². The van der Waals surface area contributed by atoms with E-state index in [-0.39, 0.29) is 11.9 Å². The van der Waals surface area contributed by atoms with E-state index in [4.69, 9.17) is 4.74 Å². The molecule has 1 aromatic rings. The number of likely N-dealkylation sites (N-methyl/N-ethyl adjacent to an activating group) is 1. The molecule has 0 aromatic carbocycles. The van der Waals surface area contributed by atoms with Crippen LogP contribution in [0.1, 0.15) is 16.6 Å². The highest BCUT2D eigenvalue weighted by Gasteiger charge is 2.31. The van der Waals surface area contributed by atoms with Crippen molar-refractivity contribution in [3.05, 3.63) is 16.1 Å². The van der Waals surface area contributed by atoms with Gasteiger partial charge >= 0.3 is 0 Å². The van der Waals surface area contributed by atoms with Crippen molar-refractivity contribution in [2.75, 3.05) is 33.9 Å². The molecule has 2 heterocycles. The highest BCUT2D eigenvalue weighted by Crippen LogP contribution is 2.27. The summed E-state index contributed by atoms with van der Waals surface area (Å²) in [4.78, 5) is 19.6. The first-order chi connectivity index (χ1) is 8.27. The minimum Gasteiger partial charge on any atom is -0.383 e. The average molecular weight is 255 g/mol. The summed E-state index contributed by atoms with van der Waals surface area (Å²) >= 11 is 1.55. The van der Waals surface area contributed by atoms with E-state index in [2.05, 4.69) is 10.3 Å². The van der Waals surface area contributed by atoms with Crippen molar-refractivity contribution in [1.82, 2.24) is 15.2 Å². The van der Waals surface area contributed by atoms with Gasteiger partial charge in [0.2, 0.25) is 5.91 Å². The van der Waals surface area contributed by atoms with Gasteiger partial charge in [-0.2, -0.15) is 0 Å². The molecule has 0 spiro atoms. The van der Waals surface area contributed by atoms with Crippen LogP contribution >= 0.6 is 11.3 Å². The van der Waals surface area contributed by atoms with Crippen LogP contribution in [0.25, 0.3) is 0 Å². The van der Waals surface area contributed by atoms with Crippen LogP contribution in [0.2, 0.25) is 0 Å². The van der Waals surface area contributed by atoms with Crippen molar-refractivity contribution >= 4 is 17.2 Å². The van der Waals surface area contributed by atoms with Gasteiger partial charge in [-0.05, 0) is 7.05 Å². The van der Waals surface area contributed by atoms with Gasteiger partial charge in [0, 0.05) is 26.6 Å². The zero-order valence-electron chi connectivity index (χ0n) is 10.1. The molecule has 2 rings (SSSR count). The molecule has 1 aromatic heterocycles. The van der Waals surface area contributed by atoms with E-state index in [0.29, 0.717) is 13.2 Å². The van der Waals surface area contributed by atoms with E-state index >= 15 is 0 Å². The molecule has 1 unspecified atom stereocenters. The largest absolute Gasteiger partial charge is 0.383 e. The molecule has 0 saturated heterocycles. The Hall–Kier alpha value is -0.980. The predicted octanol–water partition coefficient (Wildman–Crippen LogP) is 0.435. The zero-order chi connectivity index (χ0) is 12.3. The van der Waals surface area contributed by atoms with Gasteiger partial charge in [-0.1, -0.05) is 0 Å².